The van der Waals surface area contributed by atoms with Crippen LogP contribution in [-0.2, 0) is 0 Å². The lowest BCUT2D eigenvalue weighted by Gasteiger charge is -2.14. The summed E-state index contributed by atoms with van der Waals surface area (Å²) >= 11 is 6.05. The number of nitrogens with zero attached hydrogens (tertiary/aromatic N) is 1. The maximum atomic E-state index is 11.7. The maximum Gasteiger partial charge on any atom is 0.251 e. The van der Waals surface area contributed by atoms with Crippen LogP contribution in [0.2, 0.25) is 0 Å². The van der Waals surface area contributed by atoms with Crippen molar-refractivity contribution in [3.05, 3.63) is 29.6 Å². The number of carbonyl (C=O) groups is 1. The summed E-state index contributed by atoms with van der Waals surface area (Å²) in [5.74, 6) is 0.248. The standard InChI is InChI=1S/C12H17ClN2O/c1-8(2)11(13)7-15-12(16)10-4-5-14-9(3)6-10/h4-6,8,11H,7H2,1-3H3,(H,15,16). The highest BCUT2D eigenvalue weighted by Gasteiger charge is 2.12. The van der Waals surface area contributed by atoms with Gasteiger partial charge in [0.2, 0.25) is 0 Å². The second-order valence-electron chi connectivity index (χ2n) is 4.16. The van der Waals surface area contributed by atoms with Gasteiger partial charge in [-0.2, -0.15) is 0 Å². The Balaban J connectivity index is 2.53. The van der Waals surface area contributed by atoms with Crippen molar-refractivity contribution in [1.82, 2.24) is 10.3 Å². The monoisotopic (exact) mass is 240 g/mol. The van der Waals surface area contributed by atoms with Crippen molar-refractivity contribution >= 4 is 17.5 Å². The predicted octanol–water partition coefficient (Wildman–Crippen LogP) is 2.38. The van der Waals surface area contributed by atoms with Gasteiger partial charge in [0, 0.05) is 24.0 Å². The Bertz CT molecular complexity index is 366. The van der Waals surface area contributed by atoms with Crippen LogP contribution in [0.1, 0.15) is 29.9 Å². The van der Waals surface area contributed by atoms with Crippen molar-refractivity contribution in [2.24, 2.45) is 5.92 Å². The molecule has 1 unspecified atom stereocenters. The van der Waals surface area contributed by atoms with E-state index in [1.54, 1.807) is 18.3 Å². The number of aryl methyl sites for hydroxylation is 1. The molecule has 1 aromatic rings. The number of rotatable bonds is 4. The van der Waals surface area contributed by atoms with Crippen LogP contribution in [0.3, 0.4) is 0 Å². The third kappa shape index (κ3) is 3.81. The first-order valence-electron chi connectivity index (χ1n) is 5.35. The Morgan fingerprint density at radius 1 is 1.56 bits per heavy atom. The summed E-state index contributed by atoms with van der Waals surface area (Å²) in [6, 6.07) is 3.45. The highest BCUT2D eigenvalue weighted by Crippen LogP contribution is 2.08. The van der Waals surface area contributed by atoms with Crippen LogP contribution in [0, 0.1) is 12.8 Å². The zero-order valence-electron chi connectivity index (χ0n) is 9.83. The number of nitrogens with one attached hydrogen (secondary N) is 1. The minimum atomic E-state index is -0.100. The van der Waals surface area contributed by atoms with E-state index in [4.69, 9.17) is 11.6 Å². The van der Waals surface area contributed by atoms with Crippen molar-refractivity contribution in [3.8, 4) is 0 Å². The highest BCUT2D eigenvalue weighted by atomic mass is 35.5. The number of aromatic nitrogens is 1. The van der Waals surface area contributed by atoms with Gasteiger partial charge in [-0.1, -0.05) is 13.8 Å². The van der Waals surface area contributed by atoms with E-state index in [1.165, 1.54) is 0 Å². The van der Waals surface area contributed by atoms with Crippen molar-refractivity contribution < 1.29 is 4.79 Å². The number of hydrogen-bond donors (Lipinski definition) is 1. The number of carbonyl (C=O) groups excluding carboxylic acids is 1. The van der Waals surface area contributed by atoms with Gasteiger partial charge < -0.3 is 5.32 Å². The average molecular weight is 241 g/mol. The van der Waals surface area contributed by atoms with Crippen molar-refractivity contribution in [2.75, 3.05) is 6.54 Å². The molecule has 0 aliphatic heterocycles. The Morgan fingerprint density at radius 2 is 2.25 bits per heavy atom. The van der Waals surface area contributed by atoms with Crippen molar-refractivity contribution in [2.45, 2.75) is 26.1 Å². The Kier molecular flexibility index (Phi) is 4.74. The molecular weight excluding hydrogens is 224 g/mol. The van der Waals surface area contributed by atoms with E-state index in [2.05, 4.69) is 10.3 Å². The summed E-state index contributed by atoms with van der Waals surface area (Å²) in [6.07, 6.45) is 1.63. The van der Waals surface area contributed by atoms with Crippen molar-refractivity contribution in [1.29, 1.82) is 0 Å². The number of amides is 1. The molecule has 0 radical (unpaired) electrons. The summed E-state index contributed by atoms with van der Waals surface area (Å²) in [5.41, 5.74) is 1.46. The molecule has 1 N–H and O–H groups in total. The summed E-state index contributed by atoms with van der Waals surface area (Å²) in [5, 5.41) is 2.77. The van der Waals surface area contributed by atoms with E-state index < -0.39 is 0 Å². The van der Waals surface area contributed by atoms with Gasteiger partial charge in [0.25, 0.3) is 5.91 Å². The summed E-state index contributed by atoms with van der Waals surface area (Å²) < 4.78 is 0. The smallest absolute Gasteiger partial charge is 0.251 e. The molecule has 0 bridgehead atoms. The topological polar surface area (TPSA) is 42.0 Å². The Hall–Kier alpha value is -1.09. The molecule has 16 heavy (non-hydrogen) atoms. The number of hydrogen-bond acceptors (Lipinski definition) is 2. The highest BCUT2D eigenvalue weighted by molar-refractivity contribution is 6.21. The van der Waals surface area contributed by atoms with Gasteiger partial charge in [-0.3, -0.25) is 9.78 Å². The molecule has 0 fully saturated rings. The minimum Gasteiger partial charge on any atom is -0.351 e. The molecule has 1 heterocycles. The predicted molar refractivity (Wildman–Crippen MR) is 65.8 cm³/mol. The lowest BCUT2D eigenvalue weighted by molar-refractivity contribution is 0.0952. The summed E-state index contributed by atoms with van der Waals surface area (Å²) in [6.45, 7) is 6.40. The van der Waals surface area contributed by atoms with Crippen LogP contribution >= 0.6 is 11.6 Å². The van der Waals surface area contributed by atoms with Crippen LogP contribution in [0.5, 0.6) is 0 Å². The zero-order valence-corrected chi connectivity index (χ0v) is 10.6. The lowest BCUT2D eigenvalue weighted by Crippen LogP contribution is -2.32. The van der Waals surface area contributed by atoms with Gasteiger partial charge in [-0.25, -0.2) is 0 Å². The molecule has 0 aromatic carbocycles. The van der Waals surface area contributed by atoms with E-state index in [0.29, 0.717) is 18.0 Å². The van der Waals surface area contributed by atoms with Crippen LogP contribution in [-0.4, -0.2) is 22.8 Å². The second kappa shape index (κ2) is 5.85. The van der Waals surface area contributed by atoms with Crippen molar-refractivity contribution in [3.63, 3.8) is 0 Å². The normalized spacial score (nSPS) is 12.6. The Morgan fingerprint density at radius 3 is 2.81 bits per heavy atom. The van der Waals surface area contributed by atoms with E-state index in [-0.39, 0.29) is 11.3 Å². The molecule has 4 heteroatoms. The van der Waals surface area contributed by atoms with Gasteiger partial charge in [0.1, 0.15) is 0 Å². The molecule has 1 amide bonds. The largest absolute Gasteiger partial charge is 0.351 e. The number of halogens is 1. The molecule has 0 saturated heterocycles. The quantitative estimate of drug-likeness (QED) is 0.822. The summed E-state index contributed by atoms with van der Waals surface area (Å²) in [4.78, 5) is 15.8. The molecule has 1 atom stereocenters. The minimum absolute atomic E-state index is 0.0353. The zero-order chi connectivity index (χ0) is 12.1. The number of alkyl halides is 1. The molecule has 1 aromatic heterocycles. The SMILES string of the molecule is Cc1cc(C(=O)NCC(Cl)C(C)C)ccn1. The maximum absolute atomic E-state index is 11.7. The molecule has 0 spiro atoms. The van der Waals surface area contributed by atoms with Gasteiger partial charge >= 0.3 is 0 Å². The van der Waals surface area contributed by atoms with Crippen LogP contribution in [0.25, 0.3) is 0 Å². The lowest BCUT2D eigenvalue weighted by atomic mass is 10.1. The first-order chi connectivity index (χ1) is 7.50. The van der Waals surface area contributed by atoms with E-state index in [0.717, 1.165) is 5.69 Å². The van der Waals surface area contributed by atoms with E-state index in [9.17, 15) is 4.79 Å². The molecule has 0 saturated carbocycles. The van der Waals surface area contributed by atoms with Gasteiger partial charge in [0.15, 0.2) is 0 Å². The van der Waals surface area contributed by atoms with Crippen LogP contribution < -0.4 is 5.32 Å². The van der Waals surface area contributed by atoms with Crippen LogP contribution in [0.4, 0.5) is 0 Å². The molecule has 0 aliphatic rings. The van der Waals surface area contributed by atoms with Gasteiger partial charge in [-0.05, 0) is 25.0 Å². The van der Waals surface area contributed by atoms with Gasteiger partial charge in [0.05, 0.1) is 5.38 Å². The van der Waals surface area contributed by atoms with E-state index >= 15 is 0 Å². The molecular formula is C12H17ClN2O. The van der Waals surface area contributed by atoms with Gasteiger partial charge in [-0.15, -0.1) is 11.6 Å². The number of pyridine rings is 1. The fourth-order valence-electron chi connectivity index (χ4n) is 1.21. The fraction of sp³-hybridized carbons (Fsp3) is 0.500. The third-order valence-corrected chi connectivity index (χ3v) is 3.00. The van der Waals surface area contributed by atoms with E-state index in [1.807, 2.05) is 20.8 Å². The fourth-order valence-corrected chi connectivity index (χ4v) is 1.29. The molecule has 0 aliphatic carbocycles. The second-order valence-corrected chi connectivity index (χ2v) is 4.72. The third-order valence-electron chi connectivity index (χ3n) is 2.34. The average Bonchev–Trinajstić information content (AvgIpc) is 2.25. The Labute approximate surface area is 101 Å². The molecule has 1 rings (SSSR count). The van der Waals surface area contributed by atoms with Crippen LogP contribution in [0.15, 0.2) is 18.3 Å². The molecule has 3 nitrogen and oxygen atoms in total. The first-order valence-corrected chi connectivity index (χ1v) is 5.79. The summed E-state index contributed by atoms with van der Waals surface area (Å²) in [7, 11) is 0. The first kappa shape index (κ1) is 13.0. The molecule has 88 valence electrons.